The highest BCUT2D eigenvalue weighted by Crippen LogP contribution is 1.99. The van der Waals surface area contributed by atoms with Gasteiger partial charge in [-0.2, -0.15) is 0 Å². The maximum atomic E-state index is 9.44. The normalized spacial score (nSPS) is 8.50. The van der Waals surface area contributed by atoms with Crippen molar-refractivity contribution in [1.82, 2.24) is 5.32 Å². The molecule has 2 nitrogen and oxygen atoms in total. The molecule has 0 saturated carbocycles. The van der Waals surface area contributed by atoms with Crippen LogP contribution in [0.5, 0.6) is 0 Å². The number of carbonyl (C=O) groups is 1. The zero-order chi connectivity index (χ0) is 4.99. The molecule has 1 N–H and O–H groups in total. The number of hydrogen-bond donors (Lipinski definition) is 1. The number of alkyl halides is 2. The molecule has 0 radical (unpaired) electrons. The summed E-state index contributed by atoms with van der Waals surface area (Å²) in [6, 6.07) is 0. The van der Waals surface area contributed by atoms with E-state index in [1.807, 2.05) is 0 Å². The second-order valence-corrected chi connectivity index (χ2v) is 3.65. The molecule has 0 aliphatic heterocycles. The minimum atomic E-state index is -0.0949. The lowest BCUT2D eigenvalue weighted by molar-refractivity contribution is -0.109. The molecule has 4 heteroatoms. The molecule has 0 fully saturated rings. The van der Waals surface area contributed by atoms with E-state index in [1.54, 1.807) is 0 Å². The lowest BCUT2D eigenvalue weighted by Gasteiger charge is -1.91. The van der Waals surface area contributed by atoms with Crippen LogP contribution in [0.25, 0.3) is 0 Å². The smallest absolute Gasteiger partial charge is 0.208 e. The van der Waals surface area contributed by atoms with Crippen LogP contribution in [-0.4, -0.2) is 10.3 Å². The Morgan fingerprint density at radius 3 is 2.17 bits per heavy atom. The van der Waals surface area contributed by atoms with Gasteiger partial charge in [0.05, 0.1) is 0 Å². The molecule has 0 atom stereocenters. The zero-order valence-electron chi connectivity index (χ0n) is 2.82. The summed E-state index contributed by atoms with van der Waals surface area (Å²) in [4.78, 5) is 9.44. The van der Waals surface area contributed by atoms with Crippen LogP contribution in [0.15, 0.2) is 0 Å². The van der Waals surface area contributed by atoms with Gasteiger partial charge in [-0.05, 0) is 0 Å². The first-order chi connectivity index (χ1) is 2.77. The van der Waals surface area contributed by atoms with Gasteiger partial charge in [0.1, 0.15) is 3.86 Å². The number of rotatable bonds is 2. The molecule has 0 aliphatic rings. The molecule has 1 amide bonds. The van der Waals surface area contributed by atoms with Crippen LogP contribution in [0.2, 0.25) is 0 Å². The Morgan fingerprint density at radius 1 is 1.67 bits per heavy atom. The van der Waals surface area contributed by atoms with Gasteiger partial charge in [-0.3, -0.25) is 4.79 Å². The molecule has 0 spiro atoms. The summed E-state index contributed by atoms with van der Waals surface area (Å²) in [7, 11) is 0. The van der Waals surface area contributed by atoms with E-state index in [0.717, 1.165) is 0 Å². The van der Waals surface area contributed by atoms with E-state index in [4.69, 9.17) is 0 Å². The van der Waals surface area contributed by atoms with Crippen LogP contribution in [0, 0.1) is 0 Å². The molecule has 0 rings (SSSR count). The summed E-state index contributed by atoms with van der Waals surface area (Å²) in [5, 5.41) is 2.36. The number of halogens is 2. The summed E-state index contributed by atoms with van der Waals surface area (Å²) in [6.07, 6.45) is 0.605. The minimum absolute atomic E-state index is 0.0949. The van der Waals surface area contributed by atoms with Gasteiger partial charge in [0.25, 0.3) is 0 Å². The number of amides is 1. The largest absolute Gasteiger partial charge is 0.337 e. The van der Waals surface area contributed by atoms with E-state index in [1.165, 1.54) is 0 Å². The fraction of sp³-hybridized carbons (Fsp3) is 0.500. The van der Waals surface area contributed by atoms with Gasteiger partial charge in [-0.15, -0.1) is 0 Å². The van der Waals surface area contributed by atoms with Crippen molar-refractivity contribution in [1.29, 1.82) is 0 Å². The van der Waals surface area contributed by atoms with E-state index in [2.05, 4.69) is 37.2 Å². The Morgan fingerprint density at radius 2 is 2.17 bits per heavy atom. The van der Waals surface area contributed by atoms with Crippen molar-refractivity contribution in [3.63, 3.8) is 0 Å². The summed E-state index contributed by atoms with van der Waals surface area (Å²) in [5.41, 5.74) is 0. The maximum absolute atomic E-state index is 9.44. The molecular formula is C2H3Br2NO. The topological polar surface area (TPSA) is 29.1 Å². The van der Waals surface area contributed by atoms with E-state index < -0.39 is 0 Å². The lowest BCUT2D eigenvalue weighted by Crippen LogP contribution is -2.13. The van der Waals surface area contributed by atoms with E-state index in [9.17, 15) is 4.79 Å². The molecule has 0 aromatic carbocycles. The highest BCUT2D eigenvalue weighted by atomic mass is 79.9. The predicted molar refractivity (Wildman–Crippen MR) is 30.8 cm³/mol. The van der Waals surface area contributed by atoms with Crippen molar-refractivity contribution < 1.29 is 4.79 Å². The highest BCUT2D eigenvalue weighted by molar-refractivity contribution is 9.24. The van der Waals surface area contributed by atoms with Crippen molar-refractivity contribution >= 4 is 38.3 Å². The van der Waals surface area contributed by atoms with Crippen molar-refractivity contribution in [2.45, 2.75) is 3.86 Å². The van der Waals surface area contributed by atoms with Gasteiger partial charge >= 0.3 is 0 Å². The predicted octanol–water partition coefficient (Wildman–Crippen LogP) is 0.806. The summed E-state index contributed by atoms with van der Waals surface area (Å²) in [5.74, 6) is 0. The SMILES string of the molecule is O=CNC(Br)Br. The molecule has 0 bridgehead atoms. The standard InChI is InChI=1S/C2H3Br2NO/c3-2(4)5-1-6/h1-2H,(H,5,6). The first-order valence-electron chi connectivity index (χ1n) is 1.25. The van der Waals surface area contributed by atoms with Crippen molar-refractivity contribution in [3.8, 4) is 0 Å². The van der Waals surface area contributed by atoms with E-state index >= 15 is 0 Å². The fourth-order valence-corrected chi connectivity index (χ4v) is 0.267. The average Bonchev–Trinajstić information content (AvgIpc) is 1.35. The van der Waals surface area contributed by atoms with Crippen molar-refractivity contribution in [3.05, 3.63) is 0 Å². The molecule has 0 aromatic rings. The third-order valence-electron chi connectivity index (χ3n) is 0.194. The van der Waals surface area contributed by atoms with Crippen LogP contribution in [0.1, 0.15) is 0 Å². The van der Waals surface area contributed by atoms with Crippen LogP contribution >= 0.6 is 31.9 Å². The lowest BCUT2D eigenvalue weighted by atomic mass is 11.2. The fourth-order valence-electron chi connectivity index (χ4n) is 0.0514. The van der Waals surface area contributed by atoms with Crippen LogP contribution in [-0.2, 0) is 4.79 Å². The quantitative estimate of drug-likeness (QED) is 0.413. The van der Waals surface area contributed by atoms with Crippen LogP contribution in [0.4, 0.5) is 0 Å². The molecule has 0 unspecified atom stereocenters. The summed E-state index contributed by atoms with van der Waals surface area (Å²) < 4.78 is -0.0949. The zero-order valence-corrected chi connectivity index (χ0v) is 5.99. The van der Waals surface area contributed by atoms with Gasteiger partial charge in [0.2, 0.25) is 6.41 Å². The van der Waals surface area contributed by atoms with Crippen molar-refractivity contribution in [2.75, 3.05) is 0 Å². The third kappa shape index (κ3) is 4.43. The summed E-state index contributed by atoms with van der Waals surface area (Å²) in [6.45, 7) is 0. The average molecular weight is 217 g/mol. The Hall–Kier alpha value is 0.430. The highest BCUT2D eigenvalue weighted by Gasteiger charge is 1.86. The van der Waals surface area contributed by atoms with Gasteiger partial charge in [0.15, 0.2) is 0 Å². The van der Waals surface area contributed by atoms with Gasteiger partial charge in [-0.1, -0.05) is 31.9 Å². The molecule has 0 aromatic heterocycles. The second kappa shape index (κ2) is 3.61. The van der Waals surface area contributed by atoms with Gasteiger partial charge < -0.3 is 5.32 Å². The van der Waals surface area contributed by atoms with E-state index in [-0.39, 0.29) is 3.86 Å². The first kappa shape index (κ1) is 6.43. The number of hydrogen-bond acceptors (Lipinski definition) is 1. The Bertz CT molecular complexity index is 46.8. The van der Waals surface area contributed by atoms with Crippen LogP contribution < -0.4 is 5.32 Å². The molecular weight excluding hydrogens is 214 g/mol. The van der Waals surface area contributed by atoms with Gasteiger partial charge in [0, 0.05) is 0 Å². The molecule has 0 saturated heterocycles. The monoisotopic (exact) mass is 215 g/mol. The minimum Gasteiger partial charge on any atom is -0.337 e. The molecule has 6 heavy (non-hydrogen) atoms. The number of nitrogens with one attached hydrogen (secondary N) is 1. The molecule has 0 aliphatic carbocycles. The Labute approximate surface area is 52.6 Å². The van der Waals surface area contributed by atoms with Crippen molar-refractivity contribution in [2.24, 2.45) is 0 Å². The van der Waals surface area contributed by atoms with Crippen LogP contribution in [0.3, 0.4) is 0 Å². The first-order valence-corrected chi connectivity index (χ1v) is 3.08. The molecule has 0 heterocycles. The third-order valence-corrected chi connectivity index (χ3v) is 0.723. The van der Waals surface area contributed by atoms with E-state index in [0.29, 0.717) is 6.41 Å². The second-order valence-electron chi connectivity index (χ2n) is 0.585. The summed E-state index contributed by atoms with van der Waals surface area (Å²) >= 11 is 6.02. The Balaban J connectivity index is 2.81. The van der Waals surface area contributed by atoms with Gasteiger partial charge in [-0.25, -0.2) is 0 Å². The molecule has 36 valence electrons. The maximum Gasteiger partial charge on any atom is 0.208 e. The Kier molecular flexibility index (Phi) is 3.87. The number of carbonyl (C=O) groups excluding carboxylic acids is 1.